The fourth-order valence-corrected chi connectivity index (χ4v) is 3.04. The van der Waals surface area contributed by atoms with Crippen LogP contribution in [0.2, 0.25) is 0 Å². The lowest BCUT2D eigenvalue weighted by atomic mass is 10.2. The first-order valence-electron chi connectivity index (χ1n) is 6.56. The summed E-state index contributed by atoms with van der Waals surface area (Å²) in [5, 5.41) is 0. The lowest BCUT2D eigenvalue weighted by molar-refractivity contribution is 0.337. The van der Waals surface area contributed by atoms with Gasteiger partial charge >= 0.3 is 0 Å². The van der Waals surface area contributed by atoms with Gasteiger partial charge in [0.2, 0.25) is 0 Å². The van der Waals surface area contributed by atoms with Crippen LogP contribution in [-0.4, -0.2) is 10.8 Å². The van der Waals surface area contributed by atoms with Gasteiger partial charge in [-0.25, -0.2) is 0 Å². The van der Waals surface area contributed by atoms with E-state index in [1.807, 2.05) is 50.2 Å². The molecule has 2 N–H and O–H groups in total. The van der Waals surface area contributed by atoms with Crippen LogP contribution < -0.4 is 10.5 Å². The van der Waals surface area contributed by atoms with Gasteiger partial charge in [0.1, 0.15) is 5.75 Å². The van der Waals surface area contributed by atoms with Gasteiger partial charge in [-0.3, -0.25) is 4.21 Å². The molecule has 0 saturated heterocycles. The second-order valence-corrected chi connectivity index (χ2v) is 6.05. The zero-order chi connectivity index (χ0) is 14.5. The van der Waals surface area contributed by atoms with Crippen LogP contribution in [0.15, 0.2) is 47.4 Å². The minimum Gasteiger partial charge on any atom is -0.494 e. The van der Waals surface area contributed by atoms with Crippen molar-refractivity contribution < 1.29 is 8.95 Å². The Morgan fingerprint density at radius 1 is 1.15 bits per heavy atom. The summed E-state index contributed by atoms with van der Waals surface area (Å²) in [5.41, 5.74) is 8.50. The molecule has 0 amide bonds. The van der Waals surface area contributed by atoms with Crippen molar-refractivity contribution in [2.75, 3.05) is 12.3 Å². The minimum absolute atomic E-state index is 0.406. The number of benzene rings is 2. The number of hydrogen-bond acceptors (Lipinski definition) is 3. The molecule has 3 nitrogen and oxygen atoms in total. The summed E-state index contributed by atoms with van der Waals surface area (Å²) in [4.78, 5) is 0.820. The highest BCUT2D eigenvalue weighted by Gasteiger charge is 2.10. The first-order chi connectivity index (χ1) is 9.60. The Morgan fingerprint density at radius 3 is 2.50 bits per heavy atom. The van der Waals surface area contributed by atoms with E-state index in [9.17, 15) is 4.21 Å². The zero-order valence-electron chi connectivity index (χ0n) is 11.8. The molecule has 0 saturated carbocycles. The van der Waals surface area contributed by atoms with Crippen molar-refractivity contribution in [3.63, 3.8) is 0 Å². The molecule has 0 bridgehead atoms. The molecule has 0 aliphatic heterocycles. The second-order valence-electron chi connectivity index (χ2n) is 4.60. The summed E-state index contributed by atoms with van der Waals surface area (Å²) < 4.78 is 18.0. The van der Waals surface area contributed by atoms with Crippen molar-refractivity contribution in [3.8, 4) is 5.75 Å². The topological polar surface area (TPSA) is 52.3 Å². The number of nitrogens with two attached hydrogens (primary N) is 1. The Bertz CT molecular complexity index is 608. The van der Waals surface area contributed by atoms with Gasteiger partial charge in [-0.15, -0.1) is 0 Å². The van der Waals surface area contributed by atoms with Crippen LogP contribution in [0.3, 0.4) is 0 Å². The van der Waals surface area contributed by atoms with Crippen LogP contribution in [0.4, 0.5) is 5.69 Å². The van der Waals surface area contributed by atoms with Gasteiger partial charge in [0, 0.05) is 16.1 Å². The van der Waals surface area contributed by atoms with Gasteiger partial charge in [-0.05, 0) is 44.2 Å². The molecule has 20 heavy (non-hydrogen) atoms. The number of nitrogen functional groups attached to an aromatic ring is 1. The van der Waals surface area contributed by atoms with E-state index in [4.69, 9.17) is 10.5 Å². The molecular weight excluding hydrogens is 270 g/mol. The van der Waals surface area contributed by atoms with Gasteiger partial charge in [0.15, 0.2) is 0 Å². The fourth-order valence-electron chi connectivity index (χ4n) is 1.92. The van der Waals surface area contributed by atoms with E-state index in [1.54, 1.807) is 6.07 Å². The largest absolute Gasteiger partial charge is 0.494 e. The Hall–Kier alpha value is -1.81. The molecule has 0 heterocycles. The highest BCUT2D eigenvalue weighted by molar-refractivity contribution is 7.84. The molecule has 0 aliphatic carbocycles. The maximum absolute atomic E-state index is 12.4. The molecule has 2 aromatic rings. The average Bonchev–Trinajstić information content (AvgIpc) is 2.42. The van der Waals surface area contributed by atoms with E-state index >= 15 is 0 Å². The lowest BCUT2D eigenvalue weighted by Crippen LogP contribution is -2.02. The molecule has 4 heteroatoms. The predicted molar refractivity (Wildman–Crippen MR) is 83.3 cm³/mol. The molecule has 1 atom stereocenters. The fraction of sp³-hybridized carbons (Fsp3) is 0.250. The van der Waals surface area contributed by atoms with Crippen molar-refractivity contribution in [1.29, 1.82) is 0 Å². The molecule has 2 aromatic carbocycles. The van der Waals surface area contributed by atoms with E-state index in [0.29, 0.717) is 18.0 Å². The number of aryl methyl sites for hydroxylation is 1. The molecule has 0 radical (unpaired) electrons. The van der Waals surface area contributed by atoms with Gasteiger partial charge in [0.05, 0.1) is 23.2 Å². The van der Waals surface area contributed by atoms with Crippen molar-refractivity contribution in [2.24, 2.45) is 0 Å². The SMILES string of the molecule is CCOc1ccc(N)cc1CS(=O)c1ccc(C)cc1. The summed E-state index contributed by atoms with van der Waals surface area (Å²) in [6, 6.07) is 13.2. The third-order valence-corrected chi connectivity index (χ3v) is 4.33. The van der Waals surface area contributed by atoms with Crippen LogP contribution in [0.1, 0.15) is 18.1 Å². The molecule has 2 rings (SSSR count). The van der Waals surface area contributed by atoms with Crippen LogP contribution in [0.5, 0.6) is 5.75 Å². The third kappa shape index (κ3) is 3.61. The Labute approximate surface area is 122 Å². The smallest absolute Gasteiger partial charge is 0.123 e. The van der Waals surface area contributed by atoms with E-state index in [1.165, 1.54) is 0 Å². The molecule has 0 aliphatic rings. The molecule has 0 fully saturated rings. The predicted octanol–water partition coefficient (Wildman–Crippen LogP) is 3.28. The minimum atomic E-state index is -1.10. The molecule has 1 unspecified atom stereocenters. The molecular formula is C16H19NO2S. The van der Waals surface area contributed by atoms with Crippen LogP contribution >= 0.6 is 0 Å². The van der Waals surface area contributed by atoms with E-state index in [-0.39, 0.29) is 0 Å². The quantitative estimate of drug-likeness (QED) is 0.859. The first kappa shape index (κ1) is 14.6. The summed E-state index contributed by atoms with van der Waals surface area (Å²) in [6.07, 6.45) is 0. The van der Waals surface area contributed by atoms with Crippen molar-refractivity contribution in [3.05, 3.63) is 53.6 Å². The zero-order valence-corrected chi connectivity index (χ0v) is 12.6. The maximum atomic E-state index is 12.4. The monoisotopic (exact) mass is 289 g/mol. The lowest BCUT2D eigenvalue weighted by Gasteiger charge is -2.11. The van der Waals surface area contributed by atoms with E-state index in [0.717, 1.165) is 21.8 Å². The van der Waals surface area contributed by atoms with E-state index < -0.39 is 10.8 Å². The Morgan fingerprint density at radius 2 is 1.85 bits per heavy atom. The van der Waals surface area contributed by atoms with Crippen LogP contribution in [-0.2, 0) is 16.6 Å². The normalized spacial score (nSPS) is 12.1. The number of ether oxygens (including phenoxy) is 1. The average molecular weight is 289 g/mol. The highest BCUT2D eigenvalue weighted by atomic mass is 32.2. The molecule has 0 spiro atoms. The summed E-state index contributed by atoms with van der Waals surface area (Å²) in [6.45, 7) is 4.52. The van der Waals surface area contributed by atoms with Crippen molar-refractivity contribution in [1.82, 2.24) is 0 Å². The van der Waals surface area contributed by atoms with Gasteiger partial charge in [-0.1, -0.05) is 17.7 Å². The summed E-state index contributed by atoms with van der Waals surface area (Å²) >= 11 is 0. The Balaban J connectivity index is 2.22. The number of anilines is 1. The maximum Gasteiger partial charge on any atom is 0.123 e. The third-order valence-electron chi connectivity index (χ3n) is 2.95. The summed E-state index contributed by atoms with van der Waals surface area (Å²) in [5.74, 6) is 1.16. The Kier molecular flexibility index (Phi) is 4.79. The standard InChI is InChI=1S/C16H19NO2S/c1-3-19-16-9-6-14(17)10-13(16)11-20(18)15-7-4-12(2)5-8-15/h4-10H,3,11,17H2,1-2H3. The molecule has 0 aromatic heterocycles. The van der Waals surface area contributed by atoms with Gasteiger partial charge in [0.25, 0.3) is 0 Å². The number of rotatable bonds is 5. The first-order valence-corrected chi connectivity index (χ1v) is 7.88. The second kappa shape index (κ2) is 6.57. The van der Waals surface area contributed by atoms with Crippen LogP contribution in [0, 0.1) is 6.92 Å². The highest BCUT2D eigenvalue weighted by Crippen LogP contribution is 2.24. The van der Waals surface area contributed by atoms with Crippen molar-refractivity contribution in [2.45, 2.75) is 24.5 Å². The van der Waals surface area contributed by atoms with Gasteiger partial charge in [-0.2, -0.15) is 0 Å². The van der Waals surface area contributed by atoms with Crippen molar-refractivity contribution >= 4 is 16.5 Å². The number of hydrogen-bond donors (Lipinski definition) is 1. The van der Waals surface area contributed by atoms with E-state index in [2.05, 4.69) is 0 Å². The van der Waals surface area contributed by atoms with Crippen LogP contribution in [0.25, 0.3) is 0 Å². The molecule has 106 valence electrons. The summed E-state index contributed by atoms with van der Waals surface area (Å²) in [7, 11) is -1.10. The van der Waals surface area contributed by atoms with Gasteiger partial charge < -0.3 is 10.5 Å².